The predicted molar refractivity (Wildman–Crippen MR) is 77.4 cm³/mol. The first-order chi connectivity index (χ1) is 8.86. The van der Waals surface area contributed by atoms with Crippen molar-refractivity contribution in [2.75, 3.05) is 6.54 Å². The fourth-order valence-corrected chi connectivity index (χ4v) is 4.03. The molecule has 1 N–H and O–H groups in total. The van der Waals surface area contributed by atoms with E-state index in [2.05, 4.69) is 12.2 Å². The van der Waals surface area contributed by atoms with E-state index in [0.29, 0.717) is 5.92 Å². The van der Waals surface area contributed by atoms with Gasteiger partial charge in [0.05, 0.1) is 10.7 Å². The summed E-state index contributed by atoms with van der Waals surface area (Å²) in [5, 5.41) is 5.07. The molecule has 2 nitrogen and oxygen atoms in total. The third-order valence-corrected chi connectivity index (χ3v) is 5.28. The van der Waals surface area contributed by atoms with E-state index in [4.69, 9.17) is 4.98 Å². The molecule has 3 rings (SSSR count). The van der Waals surface area contributed by atoms with Crippen molar-refractivity contribution in [3.63, 3.8) is 0 Å². The van der Waals surface area contributed by atoms with Gasteiger partial charge in [-0.3, -0.25) is 0 Å². The fourth-order valence-electron chi connectivity index (χ4n) is 2.79. The number of fused-ring (bicyclic) bond motifs is 1. The largest absolute Gasteiger partial charge is 0.313 e. The van der Waals surface area contributed by atoms with Gasteiger partial charge in [-0.2, -0.15) is 0 Å². The van der Waals surface area contributed by atoms with Crippen molar-refractivity contribution in [3.05, 3.63) is 15.6 Å². The Morgan fingerprint density at radius 2 is 2.22 bits per heavy atom. The van der Waals surface area contributed by atoms with E-state index < -0.39 is 0 Å². The molecule has 0 aromatic carbocycles. The normalized spacial score (nSPS) is 23.1. The number of nitrogens with zero attached hydrogens (tertiary/aromatic N) is 1. The molecule has 1 heterocycles. The minimum Gasteiger partial charge on any atom is -0.313 e. The van der Waals surface area contributed by atoms with Crippen LogP contribution in [0.1, 0.15) is 66.9 Å². The van der Waals surface area contributed by atoms with Crippen LogP contribution < -0.4 is 5.32 Å². The maximum absolute atomic E-state index is 4.95. The summed E-state index contributed by atoms with van der Waals surface area (Å²) in [5.41, 5.74) is 1.45. The Balaban J connectivity index is 1.66. The van der Waals surface area contributed by atoms with Crippen molar-refractivity contribution < 1.29 is 0 Å². The van der Waals surface area contributed by atoms with Gasteiger partial charge in [-0.05, 0) is 44.9 Å². The second kappa shape index (κ2) is 5.70. The summed E-state index contributed by atoms with van der Waals surface area (Å²) in [6.45, 7) is 3.42. The summed E-state index contributed by atoms with van der Waals surface area (Å²) in [6, 6.07) is 0.827. The van der Waals surface area contributed by atoms with Crippen molar-refractivity contribution in [2.24, 2.45) is 0 Å². The van der Waals surface area contributed by atoms with Crippen LogP contribution >= 0.6 is 11.3 Å². The summed E-state index contributed by atoms with van der Waals surface area (Å²) in [7, 11) is 0. The van der Waals surface area contributed by atoms with Gasteiger partial charge in [-0.1, -0.05) is 13.3 Å². The number of nitrogens with one attached hydrogen (secondary N) is 1. The number of unbranched alkanes of at least 4 members (excludes halogenated alkanes) is 1. The summed E-state index contributed by atoms with van der Waals surface area (Å²) in [6.07, 6.45) is 10.5. The Bertz CT molecular complexity index is 395. The molecule has 0 radical (unpaired) electrons. The minimum absolute atomic E-state index is 0.695. The van der Waals surface area contributed by atoms with Crippen molar-refractivity contribution in [1.29, 1.82) is 0 Å². The average Bonchev–Trinajstić information content (AvgIpc) is 3.11. The van der Waals surface area contributed by atoms with Crippen LogP contribution in [0.2, 0.25) is 0 Å². The van der Waals surface area contributed by atoms with E-state index in [1.807, 2.05) is 11.3 Å². The zero-order valence-corrected chi connectivity index (χ0v) is 12.2. The van der Waals surface area contributed by atoms with E-state index in [-0.39, 0.29) is 0 Å². The molecule has 0 aliphatic heterocycles. The molecule has 0 spiro atoms. The number of aromatic nitrogens is 1. The molecule has 1 aromatic rings. The third-order valence-electron chi connectivity index (χ3n) is 4.09. The van der Waals surface area contributed by atoms with Crippen LogP contribution in [0.25, 0.3) is 0 Å². The predicted octanol–water partition coefficient (Wildman–Crippen LogP) is 3.66. The van der Waals surface area contributed by atoms with Gasteiger partial charge in [0.25, 0.3) is 0 Å². The quantitative estimate of drug-likeness (QED) is 0.848. The lowest BCUT2D eigenvalue weighted by molar-refractivity contribution is 0.499. The summed E-state index contributed by atoms with van der Waals surface area (Å²) in [4.78, 5) is 6.54. The van der Waals surface area contributed by atoms with E-state index in [1.54, 1.807) is 4.88 Å². The molecule has 1 saturated carbocycles. The molecule has 0 saturated heterocycles. The Labute approximate surface area is 114 Å². The SMILES string of the molecule is CCCCc1nc2c(s1)CCCC2CNC1CC1. The molecule has 1 atom stereocenters. The van der Waals surface area contributed by atoms with Crippen LogP contribution in [-0.4, -0.2) is 17.6 Å². The molecule has 100 valence electrons. The van der Waals surface area contributed by atoms with Gasteiger partial charge in [0.15, 0.2) is 0 Å². The second-order valence-corrected chi connectivity index (χ2v) is 6.96. The summed E-state index contributed by atoms with van der Waals surface area (Å²) >= 11 is 1.99. The monoisotopic (exact) mass is 264 g/mol. The smallest absolute Gasteiger partial charge is 0.0931 e. The van der Waals surface area contributed by atoms with Crippen molar-refractivity contribution in [2.45, 2.75) is 70.3 Å². The third kappa shape index (κ3) is 2.94. The number of thiazole rings is 1. The van der Waals surface area contributed by atoms with Crippen LogP contribution in [0.3, 0.4) is 0 Å². The fraction of sp³-hybridized carbons (Fsp3) is 0.800. The van der Waals surface area contributed by atoms with Gasteiger partial charge < -0.3 is 5.32 Å². The average molecular weight is 264 g/mol. The van der Waals surface area contributed by atoms with Gasteiger partial charge >= 0.3 is 0 Å². The zero-order chi connectivity index (χ0) is 12.4. The number of rotatable bonds is 6. The van der Waals surface area contributed by atoms with Crippen LogP contribution in [0.4, 0.5) is 0 Å². The molecule has 2 aliphatic rings. The van der Waals surface area contributed by atoms with Gasteiger partial charge in [-0.15, -0.1) is 11.3 Å². The van der Waals surface area contributed by atoms with E-state index >= 15 is 0 Å². The molecular formula is C15H24N2S. The number of hydrogen-bond donors (Lipinski definition) is 1. The topological polar surface area (TPSA) is 24.9 Å². The van der Waals surface area contributed by atoms with E-state index in [0.717, 1.165) is 12.6 Å². The molecule has 0 bridgehead atoms. The van der Waals surface area contributed by atoms with Crippen LogP contribution in [-0.2, 0) is 12.8 Å². The Morgan fingerprint density at radius 3 is 3.00 bits per heavy atom. The highest BCUT2D eigenvalue weighted by atomic mass is 32.1. The van der Waals surface area contributed by atoms with E-state index in [1.165, 1.54) is 62.1 Å². The molecular weight excluding hydrogens is 240 g/mol. The first kappa shape index (κ1) is 12.6. The van der Waals surface area contributed by atoms with Gasteiger partial charge in [-0.25, -0.2) is 4.98 Å². The lowest BCUT2D eigenvalue weighted by Crippen LogP contribution is -2.25. The standard InChI is InChI=1S/C15H24N2S/c1-2-3-7-14-17-15-11(10-16-12-8-9-12)5-4-6-13(15)18-14/h11-12,16H,2-10H2,1H3. The summed E-state index contributed by atoms with van der Waals surface area (Å²) < 4.78 is 0. The molecule has 0 amide bonds. The van der Waals surface area contributed by atoms with Gasteiger partial charge in [0, 0.05) is 23.4 Å². The Hall–Kier alpha value is -0.410. The molecule has 2 aliphatic carbocycles. The van der Waals surface area contributed by atoms with Crippen molar-refractivity contribution in [3.8, 4) is 0 Å². The Morgan fingerprint density at radius 1 is 1.33 bits per heavy atom. The maximum Gasteiger partial charge on any atom is 0.0931 e. The van der Waals surface area contributed by atoms with Crippen LogP contribution in [0.5, 0.6) is 0 Å². The lowest BCUT2D eigenvalue weighted by atomic mass is 9.91. The first-order valence-corrected chi connectivity index (χ1v) is 8.40. The van der Waals surface area contributed by atoms with Gasteiger partial charge in [0.1, 0.15) is 0 Å². The highest BCUT2D eigenvalue weighted by molar-refractivity contribution is 7.11. The number of aryl methyl sites for hydroxylation is 2. The zero-order valence-electron chi connectivity index (χ0n) is 11.4. The molecule has 18 heavy (non-hydrogen) atoms. The van der Waals surface area contributed by atoms with Gasteiger partial charge in [0.2, 0.25) is 0 Å². The molecule has 3 heteroatoms. The molecule has 1 aromatic heterocycles. The number of hydrogen-bond acceptors (Lipinski definition) is 3. The second-order valence-electron chi connectivity index (χ2n) is 5.79. The van der Waals surface area contributed by atoms with E-state index in [9.17, 15) is 0 Å². The van der Waals surface area contributed by atoms with Crippen LogP contribution in [0.15, 0.2) is 0 Å². The van der Waals surface area contributed by atoms with Crippen molar-refractivity contribution in [1.82, 2.24) is 10.3 Å². The lowest BCUT2D eigenvalue weighted by Gasteiger charge is -2.21. The molecule has 1 fully saturated rings. The Kier molecular flexibility index (Phi) is 4.00. The first-order valence-electron chi connectivity index (χ1n) is 7.58. The minimum atomic E-state index is 0.695. The maximum atomic E-state index is 4.95. The molecule has 1 unspecified atom stereocenters. The van der Waals surface area contributed by atoms with Crippen molar-refractivity contribution >= 4 is 11.3 Å². The highest BCUT2D eigenvalue weighted by Gasteiger charge is 2.27. The highest BCUT2D eigenvalue weighted by Crippen LogP contribution is 2.35. The van der Waals surface area contributed by atoms with Crippen LogP contribution in [0, 0.1) is 0 Å². The summed E-state index contributed by atoms with van der Waals surface area (Å²) in [5.74, 6) is 0.695.